The summed E-state index contributed by atoms with van der Waals surface area (Å²) in [5.41, 5.74) is 1.04. The van der Waals surface area contributed by atoms with Gasteiger partial charge in [0.2, 0.25) is 11.8 Å². The number of amides is 2. The molecule has 0 radical (unpaired) electrons. The normalized spacial score (nSPS) is 14.5. The van der Waals surface area contributed by atoms with Crippen LogP contribution in [0.5, 0.6) is 0 Å². The zero-order valence-corrected chi connectivity index (χ0v) is 19.2. The molecule has 0 spiro atoms. The molecule has 1 saturated heterocycles. The molecule has 32 heavy (non-hydrogen) atoms. The highest BCUT2D eigenvalue weighted by Crippen LogP contribution is 2.13. The van der Waals surface area contributed by atoms with Crippen LogP contribution in [-0.4, -0.2) is 72.5 Å². The van der Waals surface area contributed by atoms with E-state index in [1.807, 2.05) is 56.3 Å². The van der Waals surface area contributed by atoms with Crippen LogP contribution in [0.25, 0.3) is 0 Å². The summed E-state index contributed by atoms with van der Waals surface area (Å²) in [5, 5.41) is 0. The Morgan fingerprint density at radius 3 is 2.41 bits per heavy atom. The number of rotatable bonds is 11. The second-order valence-electron chi connectivity index (χ2n) is 8.54. The van der Waals surface area contributed by atoms with Crippen molar-refractivity contribution in [3.8, 4) is 0 Å². The molecule has 1 aromatic heterocycles. The maximum Gasteiger partial charge on any atom is 0.242 e. The number of morpholine rings is 1. The van der Waals surface area contributed by atoms with Gasteiger partial charge in [0.25, 0.3) is 0 Å². The number of carbonyl (C=O) groups is 2. The van der Waals surface area contributed by atoms with Crippen molar-refractivity contribution in [2.24, 2.45) is 5.92 Å². The third-order valence-corrected chi connectivity index (χ3v) is 5.63. The number of carbonyl (C=O) groups excluding carboxylic acids is 2. The Kier molecular flexibility index (Phi) is 9.31. The molecule has 7 nitrogen and oxygen atoms in total. The quantitative estimate of drug-likeness (QED) is 0.536. The smallest absolute Gasteiger partial charge is 0.242 e. The van der Waals surface area contributed by atoms with Crippen LogP contribution in [0.3, 0.4) is 0 Å². The summed E-state index contributed by atoms with van der Waals surface area (Å²) < 4.78 is 10.9. The molecule has 1 aromatic carbocycles. The first-order chi connectivity index (χ1) is 15.5. The molecule has 7 heteroatoms. The second kappa shape index (κ2) is 12.4. The lowest BCUT2D eigenvalue weighted by Gasteiger charge is -2.30. The number of benzene rings is 1. The van der Waals surface area contributed by atoms with Gasteiger partial charge in [-0.15, -0.1) is 0 Å². The van der Waals surface area contributed by atoms with E-state index in [9.17, 15) is 9.59 Å². The van der Waals surface area contributed by atoms with Crippen molar-refractivity contribution in [2.45, 2.75) is 33.4 Å². The first kappa shape index (κ1) is 24.0. The molecule has 1 aliphatic rings. The Morgan fingerprint density at radius 1 is 1.00 bits per heavy atom. The van der Waals surface area contributed by atoms with E-state index in [0.717, 1.165) is 50.6 Å². The fourth-order valence-electron chi connectivity index (χ4n) is 3.83. The average Bonchev–Trinajstić information content (AvgIpc) is 3.32. The molecular weight excluding hydrogens is 406 g/mol. The van der Waals surface area contributed by atoms with Gasteiger partial charge in [0.15, 0.2) is 0 Å². The van der Waals surface area contributed by atoms with E-state index in [0.29, 0.717) is 19.6 Å². The van der Waals surface area contributed by atoms with Crippen molar-refractivity contribution in [1.82, 2.24) is 14.7 Å². The third kappa shape index (κ3) is 7.50. The van der Waals surface area contributed by atoms with Gasteiger partial charge in [-0.25, -0.2) is 0 Å². The average molecular weight is 442 g/mol. The predicted octanol–water partition coefficient (Wildman–Crippen LogP) is 3.02. The van der Waals surface area contributed by atoms with Crippen molar-refractivity contribution >= 4 is 11.8 Å². The minimum absolute atomic E-state index is 0.0120. The number of ether oxygens (including phenoxy) is 1. The van der Waals surface area contributed by atoms with Gasteiger partial charge in [-0.05, 0) is 24.1 Å². The molecule has 2 amide bonds. The number of furan rings is 1. The Labute approximate surface area is 190 Å². The van der Waals surface area contributed by atoms with Gasteiger partial charge in [0.05, 0.1) is 32.6 Å². The van der Waals surface area contributed by atoms with Crippen LogP contribution in [0.4, 0.5) is 0 Å². The highest BCUT2D eigenvalue weighted by molar-refractivity contribution is 5.85. The monoisotopic (exact) mass is 441 g/mol. The Bertz CT molecular complexity index is 817. The van der Waals surface area contributed by atoms with Crippen LogP contribution in [0.2, 0.25) is 0 Å². The van der Waals surface area contributed by atoms with Crippen LogP contribution >= 0.6 is 0 Å². The fourth-order valence-corrected chi connectivity index (χ4v) is 3.83. The molecule has 0 N–H and O–H groups in total. The zero-order valence-electron chi connectivity index (χ0n) is 19.2. The summed E-state index contributed by atoms with van der Waals surface area (Å²) in [7, 11) is 0. The zero-order chi connectivity index (χ0) is 22.8. The van der Waals surface area contributed by atoms with E-state index in [4.69, 9.17) is 9.15 Å². The molecule has 0 unspecified atom stereocenters. The highest BCUT2D eigenvalue weighted by atomic mass is 16.5. The maximum absolute atomic E-state index is 13.3. The van der Waals surface area contributed by atoms with Crippen LogP contribution in [0, 0.1) is 5.92 Å². The maximum atomic E-state index is 13.3. The van der Waals surface area contributed by atoms with E-state index in [1.54, 1.807) is 16.1 Å². The topological polar surface area (TPSA) is 66.2 Å². The number of hydrogen-bond donors (Lipinski definition) is 0. The van der Waals surface area contributed by atoms with Crippen LogP contribution in [-0.2, 0) is 27.4 Å². The molecule has 1 fully saturated rings. The lowest BCUT2D eigenvalue weighted by molar-refractivity contribution is -0.143. The van der Waals surface area contributed by atoms with Gasteiger partial charge in [-0.2, -0.15) is 0 Å². The molecular formula is C25H35N3O4. The lowest BCUT2D eigenvalue weighted by Crippen LogP contribution is -2.45. The summed E-state index contributed by atoms with van der Waals surface area (Å²) >= 11 is 0. The van der Waals surface area contributed by atoms with Gasteiger partial charge in [0, 0.05) is 38.6 Å². The molecule has 0 atom stereocenters. The van der Waals surface area contributed by atoms with Crippen LogP contribution in [0.15, 0.2) is 53.1 Å². The van der Waals surface area contributed by atoms with E-state index in [1.165, 1.54) is 0 Å². The molecule has 0 aliphatic carbocycles. The minimum Gasteiger partial charge on any atom is -0.467 e. The van der Waals surface area contributed by atoms with Gasteiger partial charge in [-0.1, -0.05) is 44.2 Å². The summed E-state index contributed by atoms with van der Waals surface area (Å²) in [5.74, 6) is 0.505. The van der Waals surface area contributed by atoms with Crippen molar-refractivity contribution in [2.75, 3.05) is 45.9 Å². The van der Waals surface area contributed by atoms with E-state index in [2.05, 4.69) is 4.90 Å². The van der Waals surface area contributed by atoms with Gasteiger partial charge >= 0.3 is 0 Å². The number of hydrogen-bond acceptors (Lipinski definition) is 5. The third-order valence-electron chi connectivity index (χ3n) is 5.63. The Hall–Kier alpha value is -2.64. The molecule has 0 bridgehead atoms. The standard InChI is InChI=1S/C25H35N3O4/c1-21(2)25(30)27(12-7-11-26-13-16-31-17-14-26)20-24(29)28(19-23-10-6-15-32-23)18-22-8-4-3-5-9-22/h3-6,8-10,15,21H,7,11-14,16-20H2,1-2H3. The van der Waals surface area contributed by atoms with Gasteiger partial charge < -0.3 is 19.0 Å². The highest BCUT2D eigenvalue weighted by Gasteiger charge is 2.24. The van der Waals surface area contributed by atoms with E-state index in [-0.39, 0.29) is 24.3 Å². The summed E-state index contributed by atoms with van der Waals surface area (Å²) in [6.07, 6.45) is 2.45. The molecule has 2 heterocycles. The predicted molar refractivity (Wildman–Crippen MR) is 123 cm³/mol. The Morgan fingerprint density at radius 2 is 1.75 bits per heavy atom. The summed E-state index contributed by atoms with van der Waals surface area (Å²) in [6.45, 7) is 9.51. The molecule has 2 aromatic rings. The van der Waals surface area contributed by atoms with Crippen molar-refractivity contribution < 1.29 is 18.7 Å². The molecule has 174 valence electrons. The fraction of sp³-hybridized carbons (Fsp3) is 0.520. The summed E-state index contributed by atoms with van der Waals surface area (Å²) in [6, 6.07) is 13.6. The molecule has 0 saturated carbocycles. The molecule has 1 aliphatic heterocycles. The summed E-state index contributed by atoms with van der Waals surface area (Å²) in [4.78, 5) is 32.0. The SMILES string of the molecule is CC(C)C(=O)N(CCCN1CCOCC1)CC(=O)N(Cc1ccccc1)Cc1ccco1. The molecule has 3 rings (SSSR count). The van der Waals surface area contributed by atoms with E-state index >= 15 is 0 Å². The first-order valence-corrected chi connectivity index (χ1v) is 11.5. The van der Waals surface area contributed by atoms with Gasteiger partial charge in [-0.3, -0.25) is 14.5 Å². The van der Waals surface area contributed by atoms with Crippen LogP contribution in [0.1, 0.15) is 31.6 Å². The van der Waals surface area contributed by atoms with Crippen molar-refractivity contribution in [1.29, 1.82) is 0 Å². The minimum atomic E-state index is -0.154. The van der Waals surface area contributed by atoms with Crippen molar-refractivity contribution in [3.05, 3.63) is 60.1 Å². The number of nitrogens with zero attached hydrogens (tertiary/aromatic N) is 3. The van der Waals surface area contributed by atoms with Crippen LogP contribution < -0.4 is 0 Å². The largest absolute Gasteiger partial charge is 0.467 e. The van der Waals surface area contributed by atoms with E-state index < -0.39 is 0 Å². The first-order valence-electron chi connectivity index (χ1n) is 11.5. The second-order valence-corrected chi connectivity index (χ2v) is 8.54. The van der Waals surface area contributed by atoms with Crippen molar-refractivity contribution in [3.63, 3.8) is 0 Å². The Balaban J connectivity index is 1.64. The lowest BCUT2D eigenvalue weighted by atomic mass is 10.1. The van der Waals surface area contributed by atoms with Gasteiger partial charge in [0.1, 0.15) is 5.76 Å².